The molecule has 0 spiro atoms. The first-order valence-electron chi connectivity index (χ1n) is 9.49. The van der Waals surface area contributed by atoms with Crippen molar-refractivity contribution in [1.29, 1.82) is 0 Å². The number of ether oxygens (including phenoxy) is 2. The summed E-state index contributed by atoms with van der Waals surface area (Å²) >= 11 is 0. The van der Waals surface area contributed by atoms with Gasteiger partial charge in [-0.2, -0.15) is 0 Å². The van der Waals surface area contributed by atoms with E-state index in [1.165, 1.54) is 19.2 Å². The zero-order valence-electron chi connectivity index (χ0n) is 16.1. The fourth-order valence-corrected chi connectivity index (χ4v) is 3.63. The molecule has 2 aromatic carbocycles. The molecule has 1 saturated heterocycles. The highest BCUT2D eigenvalue weighted by Gasteiger charge is 2.36. The number of aliphatic hydroxyl groups excluding tert-OH is 1. The summed E-state index contributed by atoms with van der Waals surface area (Å²) in [7, 11) is 1.36. The summed E-state index contributed by atoms with van der Waals surface area (Å²) in [6, 6.07) is 13.9. The van der Waals surface area contributed by atoms with Crippen molar-refractivity contribution >= 4 is 5.91 Å². The number of piperidine rings is 1. The molecule has 1 N–H and O–H groups in total. The predicted molar refractivity (Wildman–Crippen MR) is 104 cm³/mol. The number of para-hydroxylation sites is 2. The number of benzene rings is 2. The highest BCUT2D eigenvalue weighted by molar-refractivity contribution is 5.97. The van der Waals surface area contributed by atoms with E-state index in [9.17, 15) is 14.3 Å². The van der Waals surface area contributed by atoms with Gasteiger partial charge in [0.2, 0.25) is 0 Å². The third-order valence-electron chi connectivity index (χ3n) is 5.49. The lowest BCUT2D eigenvalue weighted by atomic mass is 9.76. The Balaban J connectivity index is 1.59. The molecule has 0 bridgehead atoms. The second kappa shape index (κ2) is 9.06. The molecule has 0 atom stereocenters. The molecule has 6 heteroatoms. The van der Waals surface area contributed by atoms with Crippen LogP contribution in [0.15, 0.2) is 48.5 Å². The highest BCUT2D eigenvalue weighted by Crippen LogP contribution is 2.36. The molecule has 1 fully saturated rings. The summed E-state index contributed by atoms with van der Waals surface area (Å²) in [6.45, 7) is 1.57. The van der Waals surface area contributed by atoms with Crippen LogP contribution >= 0.6 is 0 Å². The van der Waals surface area contributed by atoms with Crippen LogP contribution in [0.3, 0.4) is 0 Å². The number of carbonyl (C=O) groups is 1. The predicted octanol–water partition coefficient (Wildman–Crippen LogP) is 3.52. The van der Waals surface area contributed by atoms with Crippen molar-refractivity contribution < 1.29 is 23.8 Å². The smallest absolute Gasteiger partial charge is 0.257 e. The summed E-state index contributed by atoms with van der Waals surface area (Å²) in [5, 5.41) is 9.97. The van der Waals surface area contributed by atoms with Crippen molar-refractivity contribution in [2.75, 3.05) is 33.4 Å². The molecule has 1 amide bonds. The Morgan fingerprint density at radius 1 is 1.14 bits per heavy atom. The number of likely N-dealkylation sites (tertiary alicyclic amines) is 1. The van der Waals surface area contributed by atoms with E-state index in [-0.39, 0.29) is 29.2 Å². The minimum atomic E-state index is -0.548. The second-order valence-corrected chi connectivity index (χ2v) is 7.18. The summed E-state index contributed by atoms with van der Waals surface area (Å²) in [5.74, 6) is -0.0132. The standard InChI is InChI=1S/C22H26FNO4/c1-27-20-18(8-5-9-19(20)23)21(26)24-13-10-22(16-25,11-14-24)12-15-28-17-6-3-2-4-7-17/h2-9,25H,10-16H2,1H3. The molecule has 1 heterocycles. The molecular formula is C22H26FNO4. The molecule has 1 aliphatic rings. The van der Waals surface area contributed by atoms with E-state index in [4.69, 9.17) is 9.47 Å². The van der Waals surface area contributed by atoms with Crippen molar-refractivity contribution in [3.63, 3.8) is 0 Å². The first-order valence-corrected chi connectivity index (χ1v) is 9.49. The molecule has 0 unspecified atom stereocenters. The van der Waals surface area contributed by atoms with Gasteiger partial charge in [-0.3, -0.25) is 4.79 Å². The van der Waals surface area contributed by atoms with Crippen LogP contribution in [0, 0.1) is 11.2 Å². The Morgan fingerprint density at radius 2 is 1.86 bits per heavy atom. The van der Waals surface area contributed by atoms with E-state index in [0.29, 0.717) is 39.0 Å². The molecule has 2 aromatic rings. The van der Waals surface area contributed by atoms with Crippen molar-refractivity contribution in [2.45, 2.75) is 19.3 Å². The molecule has 0 radical (unpaired) electrons. The van der Waals surface area contributed by atoms with Crippen LogP contribution in [0.2, 0.25) is 0 Å². The number of amides is 1. The minimum absolute atomic E-state index is 0.0252. The van der Waals surface area contributed by atoms with E-state index >= 15 is 0 Å². The number of rotatable bonds is 7. The van der Waals surface area contributed by atoms with Gasteiger partial charge in [0, 0.05) is 25.1 Å². The van der Waals surface area contributed by atoms with Gasteiger partial charge in [-0.1, -0.05) is 24.3 Å². The normalized spacial score (nSPS) is 15.9. The largest absolute Gasteiger partial charge is 0.494 e. The van der Waals surface area contributed by atoms with Crippen LogP contribution in [0.5, 0.6) is 11.5 Å². The first-order chi connectivity index (χ1) is 13.6. The maximum Gasteiger partial charge on any atom is 0.257 e. The van der Waals surface area contributed by atoms with Gasteiger partial charge in [0.05, 0.1) is 19.3 Å². The summed E-state index contributed by atoms with van der Waals surface area (Å²) in [5.41, 5.74) is -0.0381. The van der Waals surface area contributed by atoms with Gasteiger partial charge < -0.3 is 19.5 Å². The van der Waals surface area contributed by atoms with Crippen LogP contribution in [0.25, 0.3) is 0 Å². The maximum absolute atomic E-state index is 13.9. The van der Waals surface area contributed by atoms with Gasteiger partial charge in [-0.25, -0.2) is 4.39 Å². The molecule has 5 nitrogen and oxygen atoms in total. The quantitative estimate of drug-likeness (QED) is 0.790. The molecule has 0 aromatic heterocycles. The maximum atomic E-state index is 13.9. The lowest BCUT2D eigenvalue weighted by Gasteiger charge is -2.40. The lowest BCUT2D eigenvalue weighted by Crippen LogP contribution is -2.45. The Morgan fingerprint density at radius 3 is 2.50 bits per heavy atom. The van der Waals surface area contributed by atoms with E-state index in [2.05, 4.69) is 0 Å². The van der Waals surface area contributed by atoms with E-state index < -0.39 is 5.82 Å². The van der Waals surface area contributed by atoms with Crippen LogP contribution in [-0.4, -0.2) is 49.3 Å². The average molecular weight is 387 g/mol. The molecule has 150 valence electrons. The SMILES string of the molecule is COc1c(F)cccc1C(=O)N1CCC(CO)(CCOc2ccccc2)CC1. The van der Waals surface area contributed by atoms with E-state index in [1.807, 2.05) is 30.3 Å². The molecule has 28 heavy (non-hydrogen) atoms. The highest BCUT2D eigenvalue weighted by atomic mass is 19.1. The first kappa shape index (κ1) is 20.1. The third-order valence-corrected chi connectivity index (χ3v) is 5.49. The molecule has 3 rings (SSSR count). The summed E-state index contributed by atoms with van der Waals surface area (Å²) < 4.78 is 24.7. The number of hydrogen-bond donors (Lipinski definition) is 1. The number of carbonyl (C=O) groups excluding carboxylic acids is 1. The number of nitrogens with zero attached hydrogens (tertiary/aromatic N) is 1. The van der Waals surface area contributed by atoms with Gasteiger partial charge in [0.1, 0.15) is 5.75 Å². The Bertz CT molecular complexity index is 788. The van der Waals surface area contributed by atoms with Crippen LogP contribution in [0.4, 0.5) is 4.39 Å². The van der Waals surface area contributed by atoms with Gasteiger partial charge in [-0.05, 0) is 43.5 Å². The van der Waals surface area contributed by atoms with E-state index in [1.54, 1.807) is 11.0 Å². The number of halogens is 1. The van der Waals surface area contributed by atoms with Crippen molar-refractivity contribution in [1.82, 2.24) is 4.90 Å². The van der Waals surface area contributed by atoms with Gasteiger partial charge >= 0.3 is 0 Å². The third kappa shape index (κ3) is 4.44. The van der Waals surface area contributed by atoms with Gasteiger partial charge in [-0.15, -0.1) is 0 Å². The van der Waals surface area contributed by atoms with Gasteiger partial charge in [0.25, 0.3) is 5.91 Å². The Hall–Kier alpha value is -2.60. The lowest BCUT2D eigenvalue weighted by molar-refractivity contribution is 0.0240. The number of methoxy groups -OCH3 is 1. The van der Waals surface area contributed by atoms with Crippen molar-refractivity contribution in [3.8, 4) is 11.5 Å². The van der Waals surface area contributed by atoms with E-state index in [0.717, 1.165) is 5.75 Å². The Labute approximate surface area is 164 Å². The number of hydrogen-bond acceptors (Lipinski definition) is 4. The van der Waals surface area contributed by atoms with Crippen LogP contribution < -0.4 is 9.47 Å². The van der Waals surface area contributed by atoms with Crippen LogP contribution in [0.1, 0.15) is 29.6 Å². The molecular weight excluding hydrogens is 361 g/mol. The summed E-state index contributed by atoms with van der Waals surface area (Å²) in [4.78, 5) is 14.5. The average Bonchev–Trinajstić information content (AvgIpc) is 2.74. The topological polar surface area (TPSA) is 59.0 Å². The monoisotopic (exact) mass is 387 g/mol. The van der Waals surface area contributed by atoms with Crippen LogP contribution in [-0.2, 0) is 0 Å². The Kier molecular flexibility index (Phi) is 6.52. The van der Waals surface area contributed by atoms with Crippen molar-refractivity contribution in [3.05, 3.63) is 59.9 Å². The number of aliphatic hydroxyl groups is 1. The fourth-order valence-electron chi connectivity index (χ4n) is 3.63. The minimum Gasteiger partial charge on any atom is -0.494 e. The zero-order valence-corrected chi connectivity index (χ0v) is 16.1. The van der Waals surface area contributed by atoms with Crippen molar-refractivity contribution in [2.24, 2.45) is 5.41 Å². The zero-order chi connectivity index (χ0) is 20.0. The molecule has 0 saturated carbocycles. The molecule has 1 aliphatic heterocycles. The second-order valence-electron chi connectivity index (χ2n) is 7.18. The van der Waals surface area contributed by atoms with Gasteiger partial charge in [0.15, 0.2) is 11.6 Å². The molecule has 0 aliphatic carbocycles. The summed E-state index contributed by atoms with van der Waals surface area (Å²) in [6.07, 6.45) is 2.06. The fraction of sp³-hybridized carbons (Fsp3) is 0.409.